The SMILES string of the molecule is CCNC(=NCCCc1ccc(OC)c(OCC)c1)NCCCNS(=O)(=O)CC. The average molecular weight is 429 g/mol. The number of nitrogens with zero attached hydrogens (tertiary/aromatic N) is 1. The number of guanidine groups is 1. The molecule has 9 heteroatoms. The minimum atomic E-state index is -3.13. The molecule has 0 fully saturated rings. The molecular weight excluding hydrogens is 392 g/mol. The van der Waals surface area contributed by atoms with Gasteiger partial charge in [-0.05, 0) is 57.7 Å². The van der Waals surface area contributed by atoms with Gasteiger partial charge in [0, 0.05) is 26.2 Å². The molecule has 0 saturated carbocycles. The van der Waals surface area contributed by atoms with Crippen molar-refractivity contribution < 1.29 is 17.9 Å². The molecule has 0 amide bonds. The Hall–Kier alpha value is -2.00. The number of aryl methyl sites for hydroxylation is 1. The second-order valence-electron chi connectivity index (χ2n) is 6.36. The van der Waals surface area contributed by atoms with E-state index in [0.29, 0.717) is 32.7 Å². The third kappa shape index (κ3) is 10.4. The molecule has 166 valence electrons. The van der Waals surface area contributed by atoms with Crippen molar-refractivity contribution in [2.75, 3.05) is 45.6 Å². The van der Waals surface area contributed by atoms with Gasteiger partial charge in [-0.2, -0.15) is 0 Å². The highest BCUT2D eigenvalue weighted by Crippen LogP contribution is 2.28. The fourth-order valence-corrected chi connectivity index (χ4v) is 3.25. The minimum Gasteiger partial charge on any atom is -0.493 e. The molecule has 0 spiro atoms. The van der Waals surface area contributed by atoms with Gasteiger partial charge in [0.2, 0.25) is 10.0 Å². The van der Waals surface area contributed by atoms with Crippen LogP contribution in [-0.2, 0) is 16.4 Å². The molecule has 1 aromatic rings. The second-order valence-corrected chi connectivity index (χ2v) is 8.46. The van der Waals surface area contributed by atoms with Gasteiger partial charge < -0.3 is 20.1 Å². The molecule has 3 N–H and O–H groups in total. The Morgan fingerprint density at radius 3 is 2.52 bits per heavy atom. The van der Waals surface area contributed by atoms with E-state index in [2.05, 4.69) is 20.3 Å². The summed E-state index contributed by atoms with van der Waals surface area (Å²) in [4.78, 5) is 4.58. The van der Waals surface area contributed by atoms with Gasteiger partial charge in [0.05, 0.1) is 19.5 Å². The number of aliphatic imine (C=N–C) groups is 1. The van der Waals surface area contributed by atoms with E-state index < -0.39 is 10.0 Å². The Kier molecular flexibility index (Phi) is 12.1. The van der Waals surface area contributed by atoms with Gasteiger partial charge in [-0.3, -0.25) is 4.99 Å². The second kappa shape index (κ2) is 14.1. The van der Waals surface area contributed by atoms with E-state index in [1.54, 1.807) is 14.0 Å². The van der Waals surface area contributed by atoms with Gasteiger partial charge >= 0.3 is 0 Å². The standard InChI is InChI=1S/C20H36N4O4S/c1-5-21-20(23-14-9-15-24-29(25,26)7-3)22-13-8-10-17-11-12-18(27-4)19(16-17)28-6-2/h11-12,16,24H,5-10,13-15H2,1-4H3,(H2,21,22,23). The number of nitrogens with one attached hydrogen (secondary N) is 3. The largest absolute Gasteiger partial charge is 0.493 e. The van der Waals surface area contributed by atoms with E-state index in [-0.39, 0.29) is 5.75 Å². The molecule has 1 aromatic carbocycles. The topological polar surface area (TPSA) is 101 Å². The molecule has 8 nitrogen and oxygen atoms in total. The molecule has 0 atom stereocenters. The fourth-order valence-electron chi connectivity index (χ4n) is 2.59. The zero-order valence-electron chi connectivity index (χ0n) is 18.1. The summed E-state index contributed by atoms with van der Waals surface area (Å²) in [6.45, 7) is 8.71. The zero-order chi connectivity index (χ0) is 21.5. The van der Waals surface area contributed by atoms with Gasteiger partial charge in [0.1, 0.15) is 0 Å². The van der Waals surface area contributed by atoms with Crippen LogP contribution < -0.4 is 24.8 Å². The van der Waals surface area contributed by atoms with Crippen LogP contribution in [0.3, 0.4) is 0 Å². The number of hydrogen-bond acceptors (Lipinski definition) is 5. The average Bonchev–Trinajstić information content (AvgIpc) is 2.71. The first-order chi connectivity index (χ1) is 14.0. The Balaban J connectivity index is 2.42. The molecule has 0 aromatic heterocycles. The summed E-state index contributed by atoms with van der Waals surface area (Å²) in [5.41, 5.74) is 1.19. The predicted molar refractivity (Wildman–Crippen MR) is 119 cm³/mol. The number of methoxy groups -OCH3 is 1. The fraction of sp³-hybridized carbons (Fsp3) is 0.650. The van der Waals surface area contributed by atoms with Crippen molar-refractivity contribution in [3.63, 3.8) is 0 Å². The summed E-state index contributed by atoms with van der Waals surface area (Å²) in [7, 11) is -1.49. The number of rotatable bonds is 14. The Morgan fingerprint density at radius 2 is 1.86 bits per heavy atom. The molecule has 0 aliphatic carbocycles. The molecule has 0 aliphatic heterocycles. The van der Waals surface area contributed by atoms with Crippen molar-refractivity contribution in [3.05, 3.63) is 23.8 Å². The maximum atomic E-state index is 11.4. The first-order valence-corrected chi connectivity index (χ1v) is 11.9. The molecule has 29 heavy (non-hydrogen) atoms. The predicted octanol–water partition coefficient (Wildman–Crippen LogP) is 1.91. The lowest BCUT2D eigenvalue weighted by Gasteiger charge is -2.12. The van der Waals surface area contributed by atoms with Crippen molar-refractivity contribution in [2.24, 2.45) is 4.99 Å². The van der Waals surface area contributed by atoms with Crippen LogP contribution in [0.4, 0.5) is 0 Å². The summed E-state index contributed by atoms with van der Waals surface area (Å²) in [5, 5.41) is 6.44. The monoisotopic (exact) mass is 428 g/mol. The van der Waals surface area contributed by atoms with Crippen LogP contribution in [0.25, 0.3) is 0 Å². The van der Waals surface area contributed by atoms with Crippen LogP contribution >= 0.6 is 0 Å². The highest BCUT2D eigenvalue weighted by atomic mass is 32.2. The molecule has 0 saturated heterocycles. The van der Waals surface area contributed by atoms with E-state index in [4.69, 9.17) is 9.47 Å². The molecule has 0 bridgehead atoms. The smallest absolute Gasteiger partial charge is 0.211 e. The third-order valence-electron chi connectivity index (χ3n) is 4.11. The number of ether oxygens (including phenoxy) is 2. The summed E-state index contributed by atoms with van der Waals surface area (Å²) < 4.78 is 36.3. The summed E-state index contributed by atoms with van der Waals surface area (Å²) in [6, 6.07) is 6.00. The lowest BCUT2D eigenvalue weighted by molar-refractivity contribution is 0.310. The highest BCUT2D eigenvalue weighted by molar-refractivity contribution is 7.89. The van der Waals surface area contributed by atoms with Crippen LogP contribution in [0, 0.1) is 0 Å². The van der Waals surface area contributed by atoms with Gasteiger partial charge in [0.15, 0.2) is 17.5 Å². The molecule has 0 heterocycles. The zero-order valence-corrected chi connectivity index (χ0v) is 18.9. The lowest BCUT2D eigenvalue weighted by atomic mass is 10.1. The Bertz CT molecular complexity index is 723. The van der Waals surface area contributed by atoms with E-state index >= 15 is 0 Å². The maximum absolute atomic E-state index is 11.4. The number of benzene rings is 1. The first-order valence-electron chi connectivity index (χ1n) is 10.2. The van der Waals surface area contributed by atoms with E-state index in [0.717, 1.165) is 36.8 Å². The van der Waals surface area contributed by atoms with Crippen molar-refractivity contribution in [1.29, 1.82) is 0 Å². The van der Waals surface area contributed by atoms with Crippen molar-refractivity contribution in [1.82, 2.24) is 15.4 Å². The molecule has 1 rings (SSSR count). The van der Waals surface area contributed by atoms with Crippen molar-refractivity contribution >= 4 is 16.0 Å². The normalized spacial score (nSPS) is 11.9. The van der Waals surface area contributed by atoms with Gasteiger partial charge in [-0.25, -0.2) is 13.1 Å². The van der Waals surface area contributed by atoms with Gasteiger partial charge in [-0.15, -0.1) is 0 Å². The van der Waals surface area contributed by atoms with Crippen LogP contribution in [0.5, 0.6) is 11.5 Å². The third-order valence-corrected chi connectivity index (χ3v) is 5.52. The summed E-state index contributed by atoms with van der Waals surface area (Å²) in [6.07, 6.45) is 2.49. The Labute approximate surface area is 175 Å². The van der Waals surface area contributed by atoms with Crippen molar-refractivity contribution in [3.8, 4) is 11.5 Å². The molecule has 0 unspecified atom stereocenters. The van der Waals surface area contributed by atoms with Crippen LogP contribution in [-0.4, -0.2) is 60.0 Å². The summed E-state index contributed by atoms with van der Waals surface area (Å²) >= 11 is 0. The lowest BCUT2D eigenvalue weighted by Crippen LogP contribution is -2.39. The molecular formula is C20H36N4O4S. The van der Waals surface area contributed by atoms with E-state index in [9.17, 15) is 8.42 Å². The first kappa shape index (κ1) is 25.0. The van der Waals surface area contributed by atoms with Gasteiger partial charge in [0.25, 0.3) is 0 Å². The van der Waals surface area contributed by atoms with E-state index in [1.165, 1.54) is 5.56 Å². The van der Waals surface area contributed by atoms with E-state index in [1.807, 2.05) is 32.0 Å². The van der Waals surface area contributed by atoms with Crippen molar-refractivity contribution in [2.45, 2.75) is 40.0 Å². The molecule has 0 radical (unpaired) electrons. The Morgan fingerprint density at radius 1 is 1.07 bits per heavy atom. The highest BCUT2D eigenvalue weighted by Gasteiger charge is 2.06. The van der Waals surface area contributed by atoms with Crippen LogP contribution in [0.15, 0.2) is 23.2 Å². The molecule has 0 aliphatic rings. The minimum absolute atomic E-state index is 0.102. The quantitative estimate of drug-likeness (QED) is 0.238. The van der Waals surface area contributed by atoms with Crippen LogP contribution in [0.1, 0.15) is 39.2 Å². The van der Waals surface area contributed by atoms with Crippen LogP contribution in [0.2, 0.25) is 0 Å². The number of hydrogen-bond donors (Lipinski definition) is 3. The van der Waals surface area contributed by atoms with Gasteiger partial charge in [-0.1, -0.05) is 6.07 Å². The summed E-state index contributed by atoms with van der Waals surface area (Å²) in [5.74, 6) is 2.36. The number of sulfonamides is 1. The maximum Gasteiger partial charge on any atom is 0.211 e.